The highest BCUT2D eigenvalue weighted by Gasteiger charge is 2.45. The molecule has 3 rings (SSSR count). The molecule has 0 saturated heterocycles. The van der Waals surface area contributed by atoms with Crippen LogP contribution in [0.15, 0.2) is 42.5 Å². The van der Waals surface area contributed by atoms with E-state index in [0.717, 1.165) is 0 Å². The van der Waals surface area contributed by atoms with Crippen LogP contribution in [0.2, 0.25) is 0 Å². The highest BCUT2D eigenvalue weighted by Crippen LogP contribution is 2.55. The lowest BCUT2D eigenvalue weighted by Crippen LogP contribution is -2.21. The summed E-state index contributed by atoms with van der Waals surface area (Å²) in [7, 11) is -10.2. The zero-order chi connectivity index (χ0) is 16.1. The third kappa shape index (κ3) is 2.59. The Hall–Kier alpha value is -1.94. The lowest BCUT2D eigenvalue weighted by Gasteiger charge is -2.14. The molecule has 0 aromatic heterocycles. The van der Waals surface area contributed by atoms with Crippen molar-refractivity contribution in [3.05, 3.63) is 48.0 Å². The second-order valence-corrected chi connectivity index (χ2v) is 7.99. The summed E-state index contributed by atoms with van der Waals surface area (Å²) in [5.74, 6) is 0.327. The first-order valence-electron chi connectivity index (χ1n) is 6.02. The van der Waals surface area contributed by atoms with Crippen molar-refractivity contribution in [2.45, 2.75) is 4.58 Å². The quantitative estimate of drug-likeness (QED) is 0.551. The second-order valence-electron chi connectivity index (χ2n) is 4.68. The minimum atomic E-state index is -5.11. The molecular formula is C13H10O7S2. The number of hydrogen-bond acceptors (Lipinski definition) is 5. The fraction of sp³-hybridized carbons (Fsp3) is 0.0769. The van der Waals surface area contributed by atoms with Gasteiger partial charge in [0, 0.05) is 5.56 Å². The summed E-state index contributed by atoms with van der Waals surface area (Å²) in [5, 5.41) is 0. The normalized spacial score (nSPS) is 13.6. The van der Waals surface area contributed by atoms with Crippen molar-refractivity contribution in [1.82, 2.24) is 0 Å². The van der Waals surface area contributed by atoms with Crippen molar-refractivity contribution in [2.75, 3.05) is 0 Å². The first kappa shape index (κ1) is 15.0. The van der Waals surface area contributed by atoms with Crippen LogP contribution in [0.25, 0.3) is 11.1 Å². The monoisotopic (exact) mass is 342 g/mol. The molecule has 2 aromatic rings. The predicted molar refractivity (Wildman–Crippen MR) is 77.8 cm³/mol. The molecule has 2 N–H and O–H groups in total. The molecule has 0 fully saturated rings. The molecule has 1 heterocycles. The van der Waals surface area contributed by atoms with Crippen LogP contribution in [0.3, 0.4) is 0 Å². The average molecular weight is 342 g/mol. The van der Waals surface area contributed by atoms with Crippen LogP contribution in [0.4, 0.5) is 0 Å². The van der Waals surface area contributed by atoms with Crippen molar-refractivity contribution in [3.8, 4) is 22.6 Å². The lowest BCUT2D eigenvalue weighted by atomic mass is 10.0. The minimum Gasteiger partial charge on any atom is -0.449 e. The van der Waals surface area contributed by atoms with E-state index in [4.69, 9.17) is 4.74 Å². The Labute approximate surface area is 126 Å². The number of fused-ring (bicyclic) bond motifs is 1. The van der Waals surface area contributed by atoms with Crippen LogP contribution < -0.4 is 4.74 Å². The molecule has 2 aromatic carbocycles. The first-order valence-corrected chi connectivity index (χ1v) is 9.03. The highest BCUT2D eigenvalue weighted by atomic mass is 32.3. The van der Waals surface area contributed by atoms with Crippen molar-refractivity contribution in [1.29, 1.82) is 0 Å². The van der Waals surface area contributed by atoms with Crippen LogP contribution in [-0.2, 0) is 20.2 Å². The Morgan fingerprint density at radius 2 is 1.45 bits per heavy atom. The maximum Gasteiger partial charge on any atom is 0.289 e. The summed E-state index contributed by atoms with van der Waals surface area (Å²) in [6.07, 6.45) is 0. The summed E-state index contributed by atoms with van der Waals surface area (Å²) in [6, 6.07) is 11.4. The largest absolute Gasteiger partial charge is 0.449 e. The van der Waals surface area contributed by atoms with E-state index in [9.17, 15) is 25.9 Å². The zero-order valence-corrected chi connectivity index (χ0v) is 12.5. The summed E-state index contributed by atoms with van der Waals surface area (Å²) in [5.41, 5.74) is 0.457. The molecule has 1 aliphatic heterocycles. The molecule has 0 amide bonds. The second kappa shape index (κ2) is 4.78. The number of rotatable bonds is 4. The number of ether oxygens (including phenoxy) is 1. The van der Waals surface area contributed by atoms with Crippen LogP contribution in [0, 0.1) is 0 Å². The van der Waals surface area contributed by atoms with E-state index in [2.05, 4.69) is 0 Å². The van der Waals surface area contributed by atoms with Crippen molar-refractivity contribution in [3.63, 3.8) is 0 Å². The standard InChI is InChI=1S/C13H10O7S2/c14-21(15,16)13(22(17,18)19)11-9(6-7-10-12(11)20-10)8-4-2-1-3-5-8/h1-7,13H,(H,14,15,16)(H,17,18,19). The molecule has 0 atom stereocenters. The van der Waals surface area contributed by atoms with Gasteiger partial charge in [0.25, 0.3) is 20.2 Å². The molecule has 0 bridgehead atoms. The number of benzene rings is 2. The Balaban J connectivity index is 2.33. The Morgan fingerprint density at radius 3 is 2.00 bits per heavy atom. The fourth-order valence-corrected chi connectivity index (χ4v) is 4.60. The van der Waals surface area contributed by atoms with Gasteiger partial charge in [-0.15, -0.1) is 0 Å². The Bertz CT molecular complexity index is 915. The van der Waals surface area contributed by atoms with Crippen LogP contribution in [0.5, 0.6) is 11.5 Å². The van der Waals surface area contributed by atoms with E-state index in [0.29, 0.717) is 11.3 Å². The summed E-state index contributed by atoms with van der Waals surface area (Å²) in [6.45, 7) is 0. The van der Waals surface area contributed by atoms with Crippen LogP contribution >= 0.6 is 0 Å². The predicted octanol–water partition coefficient (Wildman–Crippen LogP) is 2.23. The van der Waals surface area contributed by atoms with Crippen LogP contribution in [-0.4, -0.2) is 25.9 Å². The van der Waals surface area contributed by atoms with Gasteiger partial charge in [0.2, 0.25) is 4.58 Å². The molecule has 9 heteroatoms. The topological polar surface area (TPSA) is 121 Å². The van der Waals surface area contributed by atoms with E-state index < -0.39 is 24.8 Å². The van der Waals surface area contributed by atoms with E-state index in [1.54, 1.807) is 36.4 Å². The lowest BCUT2D eigenvalue weighted by molar-refractivity contribution is 0.456. The van der Waals surface area contributed by atoms with Gasteiger partial charge in [0.05, 0.1) is 0 Å². The highest BCUT2D eigenvalue weighted by molar-refractivity contribution is 8.03. The molecule has 0 saturated carbocycles. The maximum absolute atomic E-state index is 11.5. The van der Waals surface area contributed by atoms with Gasteiger partial charge < -0.3 is 4.74 Å². The molecular weight excluding hydrogens is 332 g/mol. The van der Waals surface area contributed by atoms with Crippen molar-refractivity contribution in [2.24, 2.45) is 0 Å². The van der Waals surface area contributed by atoms with Crippen molar-refractivity contribution >= 4 is 20.2 Å². The minimum absolute atomic E-state index is 0.0293. The molecule has 0 spiro atoms. The molecule has 116 valence electrons. The average Bonchev–Trinajstić information content (AvgIpc) is 3.16. The zero-order valence-electron chi connectivity index (χ0n) is 10.9. The van der Waals surface area contributed by atoms with Gasteiger partial charge in [-0.25, -0.2) is 0 Å². The third-order valence-electron chi connectivity index (χ3n) is 3.19. The SMILES string of the molecule is O=S(=O)(O)C(c1c(-c2ccccc2)ccc2c1O2)S(=O)(=O)O. The molecule has 7 nitrogen and oxygen atoms in total. The Morgan fingerprint density at radius 1 is 0.864 bits per heavy atom. The van der Waals surface area contributed by atoms with Gasteiger partial charge >= 0.3 is 0 Å². The van der Waals surface area contributed by atoms with Crippen LogP contribution in [0.1, 0.15) is 10.1 Å². The smallest absolute Gasteiger partial charge is 0.289 e. The van der Waals surface area contributed by atoms with E-state index in [1.165, 1.54) is 6.07 Å². The summed E-state index contributed by atoms with van der Waals surface area (Å²) in [4.78, 5) is 0. The number of hydrogen-bond donors (Lipinski definition) is 2. The molecule has 0 radical (unpaired) electrons. The summed E-state index contributed by atoms with van der Waals surface area (Å²) >= 11 is 0. The van der Waals surface area contributed by atoms with Gasteiger partial charge in [-0.3, -0.25) is 9.11 Å². The maximum atomic E-state index is 11.5. The van der Waals surface area contributed by atoms with E-state index in [1.807, 2.05) is 0 Å². The van der Waals surface area contributed by atoms with Gasteiger partial charge in [-0.05, 0) is 17.2 Å². The molecule has 0 unspecified atom stereocenters. The van der Waals surface area contributed by atoms with Gasteiger partial charge in [0.15, 0.2) is 11.5 Å². The van der Waals surface area contributed by atoms with Gasteiger partial charge in [-0.2, -0.15) is 16.8 Å². The fourth-order valence-electron chi connectivity index (χ4n) is 2.31. The molecule has 0 aliphatic carbocycles. The van der Waals surface area contributed by atoms with Crippen molar-refractivity contribution < 1.29 is 30.7 Å². The van der Waals surface area contributed by atoms with E-state index >= 15 is 0 Å². The molecule has 22 heavy (non-hydrogen) atoms. The van der Waals surface area contributed by atoms with Gasteiger partial charge in [0.1, 0.15) is 0 Å². The molecule has 1 aliphatic rings. The summed E-state index contributed by atoms with van der Waals surface area (Å²) < 4.78 is 67.0. The van der Waals surface area contributed by atoms with Gasteiger partial charge in [-0.1, -0.05) is 36.4 Å². The van der Waals surface area contributed by atoms with E-state index in [-0.39, 0.29) is 16.9 Å². The first-order chi connectivity index (χ1) is 10.2. The third-order valence-corrected chi connectivity index (χ3v) is 6.20. The Kier molecular flexibility index (Phi) is 3.25.